The molecule has 1 heterocycles. The van der Waals surface area contributed by atoms with Gasteiger partial charge in [0, 0.05) is 26.1 Å². The van der Waals surface area contributed by atoms with Crippen molar-refractivity contribution in [2.75, 3.05) is 20.1 Å². The van der Waals surface area contributed by atoms with Gasteiger partial charge in [-0.05, 0) is 42.2 Å². The third-order valence-corrected chi connectivity index (χ3v) is 5.37. The molecule has 4 nitrogen and oxygen atoms in total. The van der Waals surface area contributed by atoms with Crippen molar-refractivity contribution in [1.29, 1.82) is 0 Å². The molecule has 1 fully saturated rings. The molecule has 0 bridgehead atoms. The molecule has 0 saturated carbocycles. The summed E-state index contributed by atoms with van der Waals surface area (Å²) in [5, 5.41) is 0. The second-order valence-corrected chi connectivity index (χ2v) is 7.12. The third kappa shape index (κ3) is 4.30. The van der Waals surface area contributed by atoms with Crippen LogP contribution in [0.2, 0.25) is 0 Å². The fourth-order valence-corrected chi connectivity index (χ4v) is 3.81. The zero-order chi connectivity index (χ0) is 20.1. The minimum absolute atomic E-state index is 0.0453. The molecule has 1 atom stereocenters. The summed E-state index contributed by atoms with van der Waals surface area (Å²) in [6.45, 7) is 4.64. The highest BCUT2D eigenvalue weighted by Crippen LogP contribution is 2.31. The molecule has 0 radical (unpaired) electrons. The number of carbonyl (C=O) groups excluding carboxylic acids is 2. The lowest BCUT2D eigenvalue weighted by molar-refractivity contribution is -0.139. The molecule has 2 amide bonds. The van der Waals surface area contributed by atoms with Gasteiger partial charge in [-0.15, -0.1) is 0 Å². The van der Waals surface area contributed by atoms with Crippen LogP contribution in [0.4, 0.5) is 4.39 Å². The Morgan fingerprint density at radius 1 is 1.07 bits per heavy atom. The van der Waals surface area contributed by atoms with Crippen LogP contribution in [0.15, 0.2) is 67.3 Å². The average molecular weight is 380 g/mol. The van der Waals surface area contributed by atoms with E-state index in [2.05, 4.69) is 6.58 Å². The number of nitrogens with zero attached hydrogens (tertiary/aromatic N) is 2. The number of benzene rings is 2. The van der Waals surface area contributed by atoms with Crippen molar-refractivity contribution in [2.45, 2.75) is 18.9 Å². The topological polar surface area (TPSA) is 40.6 Å². The predicted molar refractivity (Wildman–Crippen MR) is 107 cm³/mol. The molecule has 0 aliphatic carbocycles. The second-order valence-electron chi connectivity index (χ2n) is 7.12. The van der Waals surface area contributed by atoms with Gasteiger partial charge in [-0.2, -0.15) is 0 Å². The van der Waals surface area contributed by atoms with Crippen molar-refractivity contribution < 1.29 is 14.0 Å². The van der Waals surface area contributed by atoms with Crippen molar-refractivity contribution in [3.63, 3.8) is 0 Å². The molecule has 5 heteroatoms. The van der Waals surface area contributed by atoms with E-state index in [1.165, 1.54) is 18.2 Å². The third-order valence-electron chi connectivity index (χ3n) is 5.37. The van der Waals surface area contributed by atoms with Crippen LogP contribution in [0.5, 0.6) is 0 Å². The first-order valence-corrected chi connectivity index (χ1v) is 9.49. The Hall–Kier alpha value is -2.95. The standard InChI is InChI=1S/C23H25FN2O2/c1-3-21(27)26-15-13-19(14-16-26)23(28)25(2)22(17-7-5-4-6-8-17)18-9-11-20(24)12-10-18/h3-12,19,22H,1,13-16H2,2H3. The SMILES string of the molecule is C=CC(=O)N1CCC(C(=O)N(C)C(c2ccccc2)c2ccc(F)cc2)CC1. The Bertz CT molecular complexity index is 827. The normalized spacial score (nSPS) is 15.7. The van der Waals surface area contributed by atoms with Crippen molar-refractivity contribution in [3.05, 3.63) is 84.2 Å². The van der Waals surface area contributed by atoms with Crippen LogP contribution in [-0.2, 0) is 9.59 Å². The van der Waals surface area contributed by atoms with Gasteiger partial charge < -0.3 is 9.80 Å². The van der Waals surface area contributed by atoms with Crippen molar-refractivity contribution in [3.8, 4) is 0 Å². The fourth-order valence-electron chi connectivity index (χ4n) is 3.81. The van der Waals surface area contributed by atoms with Crippen LogP contribution in [0.3, 0.4) is 0 Å². The Labute approximate surface area is 165 Å². The van der Waals surface area contributed by atoms with Crippen molar-refractivity contribution in [2.24, 2.45) is 5.92 Å². The lowest BCUT2D eigenvalue weighted by Gasteiger charge is -2.36. The molecule has 0 spiro atoms. The van der Waals surface area contributed by atoms with Crippen LogP contribution < -0.4 is 0 Å². The van der Waals surface area contributed by atoms with Gasteiger partial charge in [-0.25, -0.2) is 4.39 Å². The highest BCUT2D eigenvalue weighted by atomic mass is 19.1. The molecule has 1 unspecified atom stereocenters. The summed E-state index contributed by atoms with van der Waals surface area (Å²) in [5.41, 5.74) is 1.84. The molecule has 2 aromatic carbocycles. The summed E-state index contributed by atoms with van der Waals surface area (Å²) in [7, 11) is 1.80. The molecule has 1 aliphatic rings. The number of halogens is 1. The average Bonchev–Trinajstić information content (AvgIpc) is 2.75. The molecule has 28 heavy (non-hydrogen) atoms. The van der Waals surface area contributed by atoms with Gasteiger partial charge in [0.1, 0.15) is 5.82 Å². The molecule has 0 N–H and O–H groups in total. The van der Waals surface area contributed by atoms with E-state index in [0.29, 0.717) is 25.9 Å². The first kappa shape index (κ1) is 19.8. The summed E-state index contributed by atoms with van der Waals surface area (Å²) in [4.78, 5) is 28.5. The van der Waals surface area contributed by atoms with Crippen LogP contribution in [-0.4, -0.2) is 41.8 Å². The number of hydrogen-bond donors (Lipinski definition) is 0. The quantitative estimate of drug-likeness (QED) is 0.741. The maximum absolute atomic E-state index is 13.4. The van der Waals surface area contributed by atoms with Gasteiger partial charge in [0.05, 0.1) is 6.04 Å². The van der Waals surface area contributed by atoms with Crippen LogP contribution in [0.25, 0.3) is 0 Å². The van der Waals surface area contributed by atoms with Gasteiger partial charge >= 0.3 is 0 Å². The van der Waals surface area contributed by atoms with E-state index in [1.807, 2.05) is 30.3 Å². The van der Waals surface area contributed by atoms with Gasteiger partial charge in [-0.3, -0.25) is 9.59 Å². The molecule has 2 aromatic rings. The van der Waals surface area contributed by atoms with E-state index in [-0.39, 0.29) is 29.6 Å². The van der Waals surface area contributed by atoms with Crippen molar-refractivity contribution in [1.82, 2.24) is 9.80 Å². The Balaban J connectivity index is 1.80. The summed E-state index contributed by atoms with van der Waals surface area (Å²) < 4.78 is 13.4. The molecule has 146 valence electrons. The van der Waals surface area contributed by atoms with Gasteiger partial charge in [0.15, 0.2) is 0 Å². The van der Waals surface area contributed by atoms with E-state index in [0.717, 1.165) is 11.1 Å². The zero-order valence-corrected chi connectivity index (χ0v) is 16.1. The summed E-state index contributed by atoms with van der Waals surface area (Å²) in [6, 6.07) is 15.7. The number of likely N-dealkylation sites (tertiary alicyclic amines) is 1. The lowest BCUT2D eigenvalue weighted by atomic mass is 9.92. The Kier molecular flexibility index (Phi) is 6.24. The summed E-state index contributed by atoms with van der Waals surface area (Å²) in [5.74, 6) is -0.481. The van der Waals surface area contributed by atoms with Crippen LogP contribution >= 0.6 is 0 Å². The van der Waals surface area contributed by atoms with Crippen LogP contribution in [0.1, 0.15) is 30.0 Å². The predicted octanol–water partition coefficient (Wildman–Crippen LogP) is 3.80. The molecule has 1 saturated heterocycles. The van der Waals surface area contributed by atoms with E-state index >= 15 is 0 Å². The van der Waals surface area contributed by atoms with E-state index < -0.39 is 0 Å². The number of piperidine rings is 1. The minimum Gasteiger partial charge on any atom is -0.339 e. The molecular weight excluding hydrogens is 355 g/mol. The maximum atomic E-state index is 13.4. The van der Waals surface area contributed by atoms with Crippen molar-refractivity contribution >= 4 is 11.8 Å². The summed E-state index contributed by atoms with van der Waals surface area (Å²) >= 11 is 0. The molecule has 3 rings (SSSR count). The van der Waals surface area contributed by atoms with Gasteiger partial charge in [0.2, 0.25) is 11.8 Å². The maximum Gasteiger partial charge on any atom is 0.245 e. The molecule has 0 aromatic heterocycles. The lowest BCUT2D eigenvalue weighted by Crippen LogP contribution is -2.44. The van der Waals surface area contributed by atoms with E-state index in [4.69, 9.17) is 0 Å². The fraction of sp³-hybridized carbons (Fsp3) is 0.304. The van der Waals surface area contributed by atoms with Crippen LogP contribution in [0, 0.1) is 11.7 Å². The minimum atomic E-state index is -0.302. The number of rotatable bonds is 5. The van der Waals surface area contributed by atoms with E-state index in [9.17, 15) is 14.0 Å². The number of hydrogen-bond acceptors (Lipinski definition) is 2. The smallest absolute Gasteiger partial charge is 0.245 e. The van der Waals surface area contributed by atoms with Gasteiger partial charge in [-0.1, -0.05) is 49.0 Å². The highest BCUT2D eigenvalue weighted by Gasteiger charge is 2.32. The van der Waals surface area contributed by atoms with Gasteiger partial charge in [0.25, 0.3) is 0 Å². The Morgan fingerprint density at radius 2 is 1.64 bits per heavy atom. The molecular formula is C23H25FN2O2. The first-order chi connectivity index (χ1) is 13.5. The summed E-state index contributed by atoms with van der Waals surface area (Å²) in [6.07, 6.45) is 2.58. The highest BCUT2D eigenvalue weighted by molar-refractivity contribution is 5.87. The van der Waals surface area contributed by atoms with E-state index in [1.54, 1.807) is 29.0 Å². The monoisotopic (exact) mass is 380 g/mol. The largest absolute Gasteiger partial charge is 0.339 e. The molecule has 1 aliphatic heterocycles. The number of carbonyl (C=O) groups is 2. The first-order valence-electron chi connectivity index (χ1n) is 9.49. The second kappa shape index (κ2) is 8.83. The number of amides is 2. The zero-order valence-electron chi connectivity index (χ0n) is 16.1. The Morgan fingerprint density at radius 3 is 2.21 bits per heavy atom.